The van der Waals surface area contributed by atoms with Crippen molar-refractivity contribution in [3.05, 3.63) is 28.2 Å². The average Bonchev–Trinajstić information content (AvgIpc) is 2.28. The number of hydrogen-bond donors (Lipinski definition) is 2. The fraction of sp³-hybridized carbons (Fsp3) is 0.462. The molecule has 6 heteroatoms. The molecule has 1 aromatic rings. The number of carbonyl (C=O) groups is 1. The third kappa shape index (κ3) is 5.18. The highest BCUT2D eigenvalue weighted by Crippen LogP contribution is 2.27. The fourth-order valence-corrected chi connectivity index (χ4v) is 1.73. The number of amides is 1. The van der Waals surface area contributed by atoms with E-state index in [2.05, 4.69) is 21.2 Å². The molecule has 0 aliphatic heterocycles. The minimum Gasteiger partial charge on any atom is -0.444 e. The highest BCUT2D eigenvalue weighted by Gasteiger charge is 2.17. The van der Waals surface area contributed by atoms with Crippen LogP contribution in [0, 0.1) is 0 Å². The van der Waals surface area contributed by atoms with Gasteiger partial charge in [0.2, 0.25) is 0 Å². The molecular weight excluding hydrogens is 312 g/mol. The zero-order chi connectivity index (χ0) is 14.6. The van der Waals surface area contributed by atoms with Crippen LogP contribution >= 0.6 is 15.9 Å². The molecule has 0 bridgehead atoms. The van der Waals surface area contributed by atoms with Crippen molar-refractivity contribution < 1.29 is 14.4 Å². The van der Waals surface area contributed by atoms with Crippen LogP contribution in [0.5, 0.6) is 0 Å². The second-order valence-corrected chi connectivity index (χ2v) is 6.00. The third-order valence-electron chi connectivity index (χ3n) is 2.30. The average molecular weight is 331 g/mol. The van der Waals surface area contributed by atoms with Gasteiger partial charge in [0.25, 0.3) is 0 Å². The van der Waals surface area contributed by atoms with E-state index in [9.17, 15) is 4.79 Å². The zero-order valence-electron chi connectivity index (χ0n) is 11.5. The van der Waals surface area contributed by atoms with Crippen molar-refractivity contribution in [3.8, 4) is 0 Å². The summed E-state index contributed by atoms with van der Waals surface area (Å²) >= 11 is 3.37. The second-order valence-electron chi connectivity index (χ2n) is 5.14. The smallest absolute Gasteiger partial charge is 0.412 e. The number of carbonyl (C=O) groups excluding carboxylic acids is 1. The summed E-state index contributed by atoms with van der Waals surface area (Å²) in [7, 11) is 0. The number of halogens is 1. The van der Waals surface area contributed by atoms with E-state index in [4.69, 9.17) is 15.5 Å². The van der Waals surface area contributed by atoms with E-state index in [0.717, 1.165) is 10.0 Å². The van der Waals surface area contributed by atoms with Crippen molar-refractivity contribution in [1.82, 2.24) is 0 Å². The lowest BCUT2D eigenvalue weighted by Crippen LogP contribution is -2.27. The predicted molar refractivity (Wildman–Crippen MR) is 77.7 cm³/mol. The minimum absolute atomic E-state index is 0.257. The van der Waals surface area contributed by atoms with Gasteiger partial charge < -0.3 is 4.74 Å². The van der Waals surface area contributed by atoms with Gasteiger partial charge in [-0.1, -0.05) is 6.07 Å². The van der Waals surface area contributed by atoms with Crippen LogP contribution < -0.4 is 11.2 Å². The molecule has 1 aromatic carbocycles. The number of anilines is 1. The standard InChI is InChI=1S/C13H19BrN2O3/c1-8(19-15)9-5-6-10(14)11(7-9)16-12(17)18-13(2,3)4/h5-8H,15H2,1-4H3,(H,16,17). The molecule has 0 aliphatic carbocycles. The Morgan fingerprint density at radius 2 is 2.05 bits per heavy atom. The highest BCUT2D eigenvalue weighted by molar-refractivity contribution is 9.10. The maximum atomic E-state index is 11.7. The molecule has 1 amide bonds. The van der Waals surface area contributed by atoms with Gasteiger partial charge in [-0.05, 0) is 61.3 Å². The van der Waals surface area contributed by atoms with E-state index < -0.39 is 11.7 Å². The summed E-state index contributed by atoms with van der Waals surface area (Å²) in [6.45, 7) is 7.24. The molecular formula is C13H19BrN2O3. The van der Waals surface area contributed by atoms with Crippen LogP contribution in [-0.4, -0.2) is 11.7 Å². The largest absolute Gasteiger partial charge is 0.444 e. The van der Waals surface area contributed by atoms with Crippen molar-refractivity contribution in [1.29, 1.82) is 0 Å². The Kier molecular flexibility index (Phi) is 5.34. The van der Waals surface area contributed by atoms with Crippen LogP contribution in [0.2, 0.25) is 0 Å². The monoisotopic (exact) mass is 330 g/mol. The van der Waals surface area contributed by atoms with Crippen molar-refractivity contribution in [3.63, 3.8) is 0 Å². The summed E-state index contributed by atoms with van der Waals surface area (Å²) in [5.41, 5.74) is 0.925. The molecule has 0 spiro atoms. The summed E-state index contributed by atoms with van der Waals surface area (Å²) in [5, 5.41) is 2.68. The third-order valence-corrected chi connectivity index (χ3v) is 2.99. The molecule has 5 nitrogen and oxygen atoms in total. The number of nitrogens with two attached hydrogens (primary N) is 1. The van der Waals surface area contributed by atoms with Gasteiger partial charge in [-0.2, -0.15) is 0 Å². The molecule has 0 aromatic heterocycles. The number of nitrogens with one attached hydrogen (secondary N) is 1. The van der Waals surface area contributed by atoms with Gasteiger partial charge in [-0.3, -0.25) is 10.2 Å². The Labute approximate surface area is 121 Å². The van der Waals surface area contributed by atoms with Crippen molar-refractivity contribution in [2.75, 3.05) is 5.32 Å². The minimum atomic E-state index is -0.540. The lowest BCUT2D eigenvalue weighted by atomic mass is 10.1. The van der Waals surface area contributed by atoms with Crippen LogP contribution in [0.4, 0.5) is 10.5 Å². The van der Waals surface area contributed by atoms with Gasteiger partial charge in [0.15, 0.2) is 0 Å². The predicted octanol–water partition coefficient (Wildman–Crippen LogP) is 3.75. The van der Waals surface area contributed by atoms with E-state index in [1.807, 2.05) is 39.8 Å². The van der Waals surface area contributed by atoms with E-state index in [-0.39, 0.29) is 6.10 Å². The summed E-state index contributed by atoms with van der Waals surface area (Å²) in [6, 6.07) is 5.46. The van der Waals surface area contributed by atoms with Crippen LogP contribution in [0.25, 0.3) is 0 Å². The molecule has 1 rings (SSSR count). The summed E-state index contributed by atoms with van der Waals surface area (Å²) in [6.07, 6.45) is -0.765. The van der Waals surface area contributed by atoms with Crippen molar-refractivity contribution >= 4 is 27.7 Å². The molecule has 1 atom stereocenters. The molecule has 0 saturated heterocycles. The van der Waals surface area contributed by atoms with Crippen LogP contribution in [0.3, 0.4) is 0 Å². The number of benzene rings is 1. The van der Waals surface area contributed by atoms with Gasteiger partial charge >= 0.3 is 6.09 Å². The molecule has 0 aliphatic rings. The molecule has 106 valence electrons. The summed E-state index contributed by atoms with van der Waals surface area (Å²) in [5.74, 6) is 5.15. The van der Waals surface area contributed by atoms with Crippen molar-refractivity contribution in [2.24, 2.45) is 5.90 Å². The van der Waals surface area contributed by atoms with Crippen LogP contribution in [0.15, 0.2) is 22.7 Å². The Bertz CT molecular complexity index is 458. The van der Waals surface area contributed by atoms with E-state index >= 15 is 0 Å². The normalized spacial score (nSPS) is 12.9. The molecule has 0 heterocycles. The highest BCUT2D eigenvalue weighted by atomic mass is 79.9. The first kappa shape index (κ1) is 15.9. The Morgan fingerprint density at radius 3 is 2.58 bits per heavy atom. The Balaban J connectivity index is 2.85. The second kappa shape index (κ2) is 6.36. The summed E-state index contributed by atoms with van der Waals surface area (Å²) in [4.78, 5) is 16.5. The SMILES string of the molecule is CC(ON)c1ccc(Br)c(NC(=O)OC(C)(C)C)c1. The van der Waals surface area contributed by atoms with Crippen LogP contribution in [0.1, 0.15) is 39.4 Å². The first-order valence-electron chi connectivity index (χ1n) is 5.88. The Hall–Kier alpha value is -1.11. The molecule has 1 unspecified atom stereocenters. The van der Waals surface area contributed by atoms with Crippen LogP contribution in [-0.2, 0) is 9.57 Å². The fourth-order valence-electron chi connectivity index (χ4n) is 1.38. The number of ether oxygens (including phenoxy) is 1. The molecule has 0 radical (unpaired) electrons. The molecule has 3 N–H and O–H groups in total. The molecule has 0 fully saturated rings. The van der Waals surface area contributed by atoms with Gasteiger partial charge in [0.05, 0.1) is 5.69 Å². The zero-order valence-corrected chi connectivity index (χ0v) is 13.1. The first-order valence-corrected chi connectivity index (χ1v) is 6.67. The van der Waals surface area contributed by atoms with Crippen molar-refractivity contribution in [2.45, 2.75) is 39.4 Å². The maximum absolute atomic E-state index is 11.7. The summed E-state index contributed by atoms with van der Waals surface area (Å²) < 4.78 is 5.95. The van der Waals surface area contributed by atoms with E-state index in [1.165, 1.54) is 0 Å². The lowest BCUT2D eigenvalue weighted by Gasteiger charge is -2.20. The molecule has 0 saturated carbocycles. The molecule has 19 heavy (non-hydrogen) atoms. The van der Waals surface area contributed by atoms with Gasteiger partial charge in [0.1, 0.15) is 11.7 Å². The van der Waals surface area contributed by atoms with E-state index in [1.54, 1.807) is 6.07 Å². The topological polar surface area (TPSA) is 73.6 Å². The van der Waals surface area contributed by atoms with E-state index in [0.29, 0.717) is 5.69 Å². The number of hydrogen-bond acceptors (Lipinski definition) is 4. The Morgan fingerprint density at radius 1 is 1.42 bits per heavy atom. The maximum Gasteiger partial charge on any atom is 0.412 e. The first-order chi connectivity index (χ1) is 8.73. The lowest BCUT2D eigenvalue weighted by molar-refractivity contribution is 0.0633. The van der Waals surface area contributed by atoms with Gasteiger partial charge in [0, 0.05) is 4.47 Å². The van der Waals surface area contributed by atoms with Gasteiger partial charge in [-0.15, -0.1) is 0 Å². The quantitative estimate of drug-likeness (QED) is 0.828. The van der Waals surface area contributed by atoms with Gasteiger partial charge in [-0.25, -0.2) is 10.7 Å². The number of rotatable bonds is 3.